The largest absolute Gasteiger partial charge is 0.494 e. The Balaban J connectivity index is 2.87. The van der Waals surface area contributed by atoms with Crippen molar-refractivity contribution in [3.05, 3.63) is 12.1 Å². The molecule has 0 atom stereocenters. The molecule has 0 aliphatic heterocycles. The summed E-state index contributed by atoms with van der Waals surface area (Å²) >= 11 is 0. The fraction of sp³-hybridized carbons (Fsp3) is 0.333. The van der Waals surface area contributed by atoms with Crippen LogP contribution in [-0.4, -0.2) is 26.5 Å². The van der Waals surface area contributed by atoms with Gasteiger partial charge in [0.25, 0.3) is 0 Å². The molecule has 0 saturated heterocycles. The highest BCUT2D eigenvalue weighted by Gasteiger charge is 2.02. The van der Waals surface area contributed by atoms with Crippen LogP contribution in [0.5, 0.6) is 11.8 Å². The van der Waals surface area contributed by atoms with Crippen LogP contribution in [0.4, 0.5) is 0 Å². The van der Waals surface area contributed by atoms with E-state index in [1.807, 2.05) is 0 Å². The number of aromatic nitrogens is 1. The van der Waals surface area contributed by atoms with Gasteiger partial charge in [0, 0.05) is 12.1 Å². The van der Waals surface area contributed by atoms with Gasteiger partial charge in [-0.1, -0.05) is 0 Å². The van der Waals surface area contributed by atoms with Crippen molar-refractivity contribution >= 4 is 0 Å². The van der Waals surface area contributed by atoms with Gasteiger partial charge in [-0.15, -0.1) is 0 Å². The molecule has 0 amide bonds. The van der Waals surface area contributed by atoms with E-state index >= 15 is 0 Å². The minimum atomic E-state index is -0.101. The highest BCUT2D eigenvalue weighted by molar-refractivity contribution is 5.23. The van der Waals surface area contributed by atoms with E-state index in [0.717, 1.165) is 0 Å². The molecular weight excluding hydrogens is 134 g/mol. The van der Waals surface area contributed by atoms with E-state index in [0.29, 0.717) is 0 Å². The fourth-order valence-electron chi connectivity index (χ4n) is 0.775. The van der Waals surface area contributed by atoms with Crippen molar-refractivity contribution in [3.63, 3.8) is 0 Å². The molecule has 1 heterocycles. The minimum Gasteiger partial charge on any atom is -0.494 e. The van der Waals surface area contributed by atoms with E-state index in [1.165, 1.54) is 16.7 Å². The zero-order chi connectivity index (χ0) is 7.56. The molecule has 0 bridgehead atoms. The molecule has 3 N–H and O–H groups in total. The molecule has 0 spiro atoms. The Morgan fingerprint density at radius 1 is 1.20 bits per heavy atom. The van der Waals surface area contributed by atoms with E-state index in [2.05, 4.69) is 0 Å². The third kappa shape index (κ3) is 1.06. The lowest BCUT2D eigenvalue weighted by molar-refractivity contribution is 0.256. The first-order chi connectivity index (χ1) is 4.75. The van der Waals surface area contributed by atoms with Gasteiger partial charge in [0.15, 0.2) is 11.8 Å². The second-order valence-corrected chi connectivity index (χ2v) is 1.92. The third-order valence-electron chi connectivity index (χ3n) is 1.26. The minimum absolute atomic E-state index is 0.0356. The summed E-state index contributed by atoms with van der Waals surface area (Å²) in [6, 6.07) is 2.73. The molecule has 0 saturated carbocycles. The Morgan fingerprint density at radius 3 is 2.10 bits per heavy atom. The van der Waals surface area contributed by atoms with Crippen molar-refractivity contribution in [2.24, 2.45) is 0 Å². The summed E-state index contributed by atoms with van der Waals surface area (Å²) in [5.74, 6) is -0.0712. The summed E-state index contributed by atoms with van der Waals surface area (Å²) in [6.07, 6.45) is 0. The van der Waals surface area contributed by atoms with Crippen LogP contribution in [0.3, 0.4) is 0 Å². The van der Waals surface area contributed by atoms with Crippen molar-refractivity contribution in [1.29, 1.82) is 0 Å². The normalized spacial score (nSPS) is 10.1. The number of hydrogen-bond donors (Lipinski definition) is 3. The topological polar surface area (TPSA) is 65.6 Å². The maximum absolute atomic E-state index is 8.95. The Morgan fingerprint density at radius 2 is 1.70 bits per heavy atom. The van der Waals surface area contributed by atoms with E-state index < -0.39 is 0 Å². The summed E-state index contributed by atoms with van der Waals surface area (Å²) in [4.78, 5) is 0. The van der Waals surface area contributed by atoms with Gasteiger partial charge >= 0.3 is 0 Å². The highest BCUT2D eigenvalue weighted by Crippen LogP contribution is 2.19. The van der Waals surface area contributed by atoms with E-state index in [1.54, 1.807) is 0 Å². The summed E-state index contributed by atoms with van der Waals surface area (Å²) in [5.41, 5.74) is 0. The average molecular weight is 143 g/mol. The molecule has 4 heteroatoms. The van der Waals surface area contributed by atoms with Crippen molar-refractivity contribution in [1.82, 2.24) is 4.57 Å². The third-order valence-corrected chi connectivity index (χ3v) is 1.26. The second kappa shape index (κ2) is 2.62. The summed E-state index contributed by atoms with van der Waals surface area (Å²) in [7, 11) is 0. The van der Waals surface area contributed by atoms with Gasteiger partial charge in [-0.3, -0.25) is 4.57 Å². The molecule has 0 aliphatic carbocycles. The second-order valence-electron chi connectivity index (χ2n) is 1.92. The molecule has 0 fully saturated rings. The standard InChI is InChI=1S/C6H9NO3/c8-4-3-7-5(9)1-2-6(7)10/h1-2,8-10H,3-4H2. The zero-order valence-corrected chi connectivity index (χ0v) is 5.36. The van der Waals surface area contributed by atoms with Crippen molar-refractivity contribution in [3.8, 4) is 11.8 Å². The van der Waals surface area contributed by atoms with E-state index in [9.17, 15) is 0 Å². The van der Waals surface area contributed by atoms with Gasteiger partial charge < -0.3 is 15.3 Å². The number of rotatable bonds is 2. The summed E-state index contributed by atoms with van der Waals surface area (Å²) < 4.78 is 1.21. The molecule has 0 aromatic carbocycles. The quantitative estimate of drug-likeness (QED) is 0.541. The average Bonchev–Trinajstić information content (AvgIpc) is 2.20. The van der Waals surface area contributed by atoms with Gasteiger partial charge in [0.2, 0.25) is 0 Å². The Hall–Kier alpha value is -1.16. The van der Waals surface area contributed by atoms with Crippen LogP contribution in [-0.2, 0) is 6.54 Å². The highest BCUT2D eigenvalue weighted by atomic mass is 16.3. The van der Waals surface area contributed by atoms with Crippen LogP contribution >= 0.6 is 0 Å². The zero-order valence-electron chi connectivity index (χ0n) is 5.36. The molecule has 0 radical (unpaired) electrons. The Kier molecular flexibility index (Phi) is 1.82. The first kappa shape index (κ1) is 6.95. The maximum Gasteiger partial charge on any atom is 0.193 e. The number of aliphatic hydroxyl groups excluding tert-OH is 1. The fourth-order valence-corrected chi connectivity index (χ4v) is 0.775. The van der Waals surface area contributed by atoms with Gasteiger partial charge in [-0.2, -0.15) is 0 Å². The van der Waals surface area contributed by atoms with E-state index in [4.69, 9.17) is 15.3 Å². The lowest BCUT2D eigenvalue weighted by Crippen LogP contribution is -1.99. The predicted molar refractivity (Wildman–Crippen MR) is 34.8 cm³/mol. The Labute approximate surface area is 58.0 Å². The lowest BCUT2D eigenvalue weighted by atomic mass is 10.6. The monoisotopic (exact) mass is 143 g/mol. The first-order valence-electron chi connectivity index (χ1n) is 2.94. The van der Waals surface area contributed by atoms with Crippen molar-refractivity contribution in [2.75, 3.05) is 6.61 Å². The van der Waals surface area contributed by atoms with Crippen molar-refractivity contribution in [2.45, 2.75) is 6.54 Å². The predicted octanol–water partition coefficient (Wildman–Crippen LogP) is -0.108. The molecule has 56 valence electrons. The molecule has 0 aliphatic rings. The number of aromatic hydroxyl groups is 2. The number of hydrogen-bond acceptors (Lipinski definition) is 3. The van der Waals surface area contributed by atoms with Crippen molar-refractivity contribution < 1.29 is 15.3 Å². The van der Waals surface area contributed by atoms with Crippen LogP contribution in [0.1, 0.15) is 0 Å². The molecule has 4 nitrogen and oxygen atoms in total. The summed E-state index contributed by atoms with van der Waals surface area (Å²) in [5, 5.41) is 26.4. The van der Waals surface area contributed by atoms with Gasteiger partial charge in [-0.25, -0.2) is 0 Å². The molecule has 1 aromatic heterocycles. The molecule has 1 rings (SSSR count). The summed E-state index contributed by atoms with van der Waals surface area (Å²) in [6.45, 7) is 0.112. The molecular formula is C6H9NO3. The van der Waals surface area contributed by atoms with Crippen LogP contribution in [0, 0.1) is 0 Å². The van der Waals surface area contributed by atoms with Crippen LogP contribution in [0.15, 0.2) is 12.1 Å². The maximum atomic E-state index is 8.95. The first-order valence-corrected chi connectivity index (χ1v) is 2.94. The lowest BCUT2D eigenvalue weighted by Gasteiger charge is -2.02. The van der Waals surface area contributed by atoms with Gasteiger partial charge in [0.05, 0.1) is 13.2 Å². The smallest absolute Gasteiger partial charge is 0.193 e. The number of nitrogens with zero attached hydrogens (tertiary/aromatic N) is 1. The molecule has 0 unspecified atom stereocenters. The van der Waals surface area contributed by atoms with Gasteiger partial charge in [0.1, 0.15) is 0 Å². The van der Waals surface area contributed by atoms with Crippen LogP contribution < -0.4 is 0 Å². The van der Waals surface area contributed by atoms with Crippen LogP contribution in [0.25, 0.3) is 0 Å². The van der Waals surface area contributed by atoms with E-state index in [-0.39, 0.29) is 24.9 Å². The van der Waals surface area contributed by atoms with Crippen LogP contribution in [0.2, 0.25) is 0 Å². The molecule has 1 aromatic rings. The SMILES string of the molecule is OCCn1c(O)ccc1O. The van der Waals surface area contributed by atoms with Gasteiger partial charge in [-0.05, 0) is 0 Å². The number of aliphatic hydroxyl groups is 1. The molecule has 10 heavy (non-hydrogen) atoms. The Bertz CT molecular complexity index is 199.